The lowest BCUT2D eigenvalue weighted by molar-refractivity contribution is 0.599. The van der Waals surface area contributed by atoms with Gasteiger partial charge in [0, 0.05) is 4.47 Å². The van der Waals surface area contributed by atoms with E-state index >= 15 is 0 Å². The van der Waals surface area contributed by atoms with Crippen LogP contribution < -0.4 is 10.5 Å². The standard InChI is InChI=1S/C14H14BrFN2O2S/c1-8-3-4-9(2)13(5-8)18-21(19,20)14-7-12(17)11(16)6-10(14)15/h3-7,18H,17H2,1-2H3. The van der Waals surface area contributed by atoms with Crippen LogP contribution in [0.4, 0.5) is 15.8 Å². The Kier molecular flexibility index (Phi) is 4.25. The van der Waals surface area contributed by atoms with Crippen LogP contribution in [0.25, 0.3) is 0 Å². The molecule has 7 heteroatoms. The minimum Gasteiger partial charge on any atom is -0.396 e. The molecule has 0 heterocycles. The molecule has 2 rings (SSSR count). The number of sulfonamides is 1. The molecule has 0 aromatic heterocycles. The number of benzene rings is 2. The highest BCUT2D eigenvalue weighted by molar-refractivity contribution is 9.10. The van der Waals surface area contributed by atoms with Gasteiger partial charge in [0.15, 0.2) is 0 Å². The smallest absolute Gasteiger partial charge is 0.263 e. The molecule has 0 saturated heterocycles. The first-order valence-electron chi connectivity index (χ1n) is 6.05. The molecule has 0 bridgehead atoms. The van der Waals surface area contributed by atoms with Gasteiger partial charge in [0.05, 0.1) is 11.4 Å². The summed E-state index contributed by atoms with van der Waals surface area (Å²) in [4.78, 5) is -0.109. The molecule has 0 saturated carbocycles. The van der Waals surface area contributed by atoms with Crippen LogP contribution >= 0.6 is 15.9 Å². The van der Waals surface area contributed by atoms with Crippen LogP contribution in [0.5, 0.6) is 0 Å². The fourth-order valence-electron chi connectivity index (χ4n) is 1.80. The van der Waals surface area contributed by atoms with E-state index in [2.05, 4.69) is 20.7 Å². The molecule has 0 aliphatic carbocycles. The van der Waals surface area contributed by atoms with Gasteiger partial charge in [0.1, 0.15) is 10.7 Å². The zero-order chi connectivity index (χ0) is 15.8. The van der Waals surface area contributed by atoms with Crippen molar-refractivity contribution in [1.82, 2.24) is 0 Å². The lowest BCUT2D eigenvalue weighted by Crippen LogP contribution is -2.15. The summed E-state index contributed by atoms with van der Waals surface area (Å²) >= 11 is 3.05. The van der Waals surface area contributed by atoms with E-state index in [0.717, 1.165) is 23.3 Å². The summed E-state index contributed by atoms with van der Waals surface area (Å²) in [7, 11) is -3.87. The van der Waals surface area contributed by atoms with Crippen molar-refractivity contribution in [3.05, 3.63) is 51.7 Å². The van der Waals surface area contributed by atoms with Gasteiger partial charge in [-0.1, -0.05) is 12.1 Å². The van der Waals surface area contributed by atoms with Gasteiger partial charge in [-0.05, 0) is 59.1 Å². The first-order valence-corrected chi connectivity index (χ1v) is 8.33. The number of hydrogen-bond acceptors (Lipinski definition) is 3. The van der Waals surface area contributed by atoms with Crippen LogP contribution in [0.15, 0.2) is 39.7 Å². The Morgan fingerprint density at radius 1 is 1.19 bits per heavy atom. The van der Waals surface area contributed by atoms with Crippen molar-refractivity contribution < 1.29 is 12.8 Å². The first kappa shape index (κ1) is 15.8. The molecular formula is C14H14BrFN2O2S. The predicted octanol–water partition coefficient (Wildman–Crippen LogP) is 3.59. The van der Waals surface area contributed by atoms with E-state index in [1.165, 1.54) is 0 Å². The van der Waals surface area contributed by atoms with Crippen LogP contribution in [-0.4, -0.2) is 8.42 Å². The minimum absolute atomic E-state index is 0.109. The van der Waals surface area contributed by atoms with E-state index in [9.17, 15) is 12.8 Å². The molecule has 0 amide bonds. The topological polar surface area (TPSA) is 72.2 Å². The molecule has 2 aromatic rings. The second kappa shape index (κ2) is 5.65. The number of aryl methyl sites for hydroxylation is 2. The average Bonchev–Trinajstić information content (AvgIpc) is 2.37. The highest BCUT2D eigenvalue weighted by atomic mass is 79.9. The SMILES string of the molecule is Cc1ccc(C)c(NS(=O)(=O)c2cc(N)c(F)cc2Br)c1. The van der Waals surface area contributed by atoms with Crippen molar-refractivity contribution in [1.29, 1.82) is 0 Å². The van der Waals surface area contributed by atoms with Gasteiger partial charge in [-0.2, -0.15) is 0 Å². The van der Waals surface area contributed by atoms with Gasteiger partial charge in [0.25, 0.3) is 10.0 Å². The van der Waals surface area contributed by atoms with Gasteiger partial charge in [-0.25, -0.2) is 12.8 Å². The van der Waals surface area contributed by atoms with E-state index in [0.29, 0.717) is 5.69 Å². The fourth-order valence-corrected chi connectivity index (χ4v) is 3.97. The molecule has 3 N–H and O–H groups in total. The molecule has 0 aliphatic heterocycles. The maximum absolute atomic E-state index is 13.3. The zero-order valence-electron chi connectivity index (χ0n) is 11.4. The number of nitrogens with one attached hydrogen (secondary N) is 1. The highest BCUT2D eigenvalue weighted by Crippen LogP contribution is 2.29. The molecule has 4 nitrogen and oxygen atoms in total. The first-order chi connectivity index (χ1) is 9.70. The summed E-state index contributed by atoms with van der Waals surface area (Å²) in [5.74, 6) is -0.674. The van der Waals surface area contributed by atoms with E-state index < -0.39 is 15.8 Å². The summed E-state index contributed by atoms with van der Waals surface area (Å²) in [5, 5.41) is 0. The molecule has 21 heavy (non-hydrogen) atoms. The van der Waals surface area contributed by atoms with Gasteiger partial charge in [-0.3, -0.25) is 4.72 Å². The summed E-state index contributed by atoms with van der Waals surface area (Å²) in [6, 6.07) is 7.56. The van der Waals surface area contributed by atoms with Gasteiger partial charge in [0.2, 0.25) is 0 Å². The third kappa shape index (κ3) is 3.36. The second-order valence-electron chi connectivity index (χ2n) is 4.73. The van der Waals surface area contributed by atoms with Crippen LogP contribution in [0, 0.1) is 19.7 Å². The molecule has 0 spiro atoms. The third-order valence-corrected chi connectivity index (χ3v) is 5.30. The Morgan fingerprint density at radius 2 is 1.86 bits per heavy atom. The average molecular weight is 373 g/mol. The Hall–Kier alpha value is -1.60. The van der Waals surface area contributed by atoms with Crippen molar-refractivity contribution in [2.75, 3.05) is 10.5 Å². The van der Waals surface area contributed by atoms with E-state index in [4.69, 9.17) is 5.73 Å². The number of nitrogens with two attached hydrogens (primary N) is 1. The minimum atomic E-state index is -3.87. The van der Waals surface area contributed by atoms with E-state index in [-0.39, 0.29) is 15.1 Å². The Balaban J connectivity index is 2.48. The molecule has 0 unspecified atom stereocenters. The number of hydrogen-bond donors (Lipinski definition) is 2. The summed E-state index contributed by atoms with van der Waals surface area (Å²) in [6.45, 7) is 3.66. The number of nitrogen functional groups attached to an aromatic ring is 1. The van der Waals surface area contributed by atoms with Crippen LogP contribution in [-0.2, 0) is 10.0 Å². The fraction of sp³-hybridized carbons (Fsp3) is 0.143. The maximum atomic E-state index is 13.3. The largest absolute Gasteiger partial charge is 0.396 e. The normalized spacial score (nSPS) is 11.4. The Bertz CT molecular complexity index is 807. The second-order valence-corrected chi connectivity index (χ2v) is 7.23. The lowest BCUT2D eigenvalue weighted by Gasteiger charge is -2.13. The third-order valence-electron chi connectivity index (χ3n) is 2.98. The lowest BCUT2D eigenvalue weighted by atomic mass is 10.1. The number of halogens is 2. The molecule has 0 aliphatic rings. The van der Waals surface area contributed by atoms with Crippen molar-refractivity contribution in [2.24, 2.45) is 0 Å². The van der Waals surface area contributed by atoms with Crippen LogP contribution in [0.2, 0.25) is 0 Å². The summed E-state index contributed by atoms with van der Waals surface area (Å²) < 4.78 is 40.8. The molecule has 0 radical (unpaired) electrons. The molecule has 0 fully saturated rings. The molecule has 0 atom stereocenters. The maximum Gasteiger partial charge on any atom is 0.263 e. The van der Waals surface area contributed by atoms with E-state index in [1.807, 2.05) is 19.1 Å². The summed E-state index contributed by atoms with van der Waals surface area (Å²) in [5.41, 5.74) is 7.41. The Morgan fingerprint density at radius 3 is 2.52 bits per heavy atom. The van der Waals surface area contributed by atoms with Crippen LogP contribution in [0.3, 0.4) is 0 Å². The zero-order valence-corrected chi connectivity index (χ0v) is 13.8. The number of anilines is 2. The van der Waals surface area contributed by atoms with Crippen molar-refractivity contribution in [3.8, 4) is 0 Å². The van der Waals surface area contributed by atoms with E-state index in [1.54, 1.807) is 13.0 Å². The highest BCUT2D eigenvalue weighted by Gasteiger charge is 2.20. The van der Waals surface area contributed by atoms with Gasteiger partial charge in [-0.15, -0.1) is 0 Å². The molecule has 112 valence electrons. The van der Waals surface area contributed by atoms with Crippen molar-refractivity contribution in [2.45, 2.75) is 18.7 Å². The monoisotopic (exact) mass is 372 g/mol. The number of rotatable bonds is 3. The molecular weight excluding hydrogens is 359 g/mol. The summed E-state index contributed by atoms with van der Waals surface area (Å²) in [6.07, 6.45) is 0. The van der Waals surface area contributed by atoms with Crippen molar-refractivity contribution in [3.63, 3.8) is 0 Å². The predicted molar refractivity (Wildman–Crippen MR) is 85.2 cm³/mol. The van der Waals surface area contributed by atoms with Gasteiger partial charge >= 0.3 is 0 Å². The molecule has 2 aromatic carbocycles. The van der Waals surface area contributed by atoms with Crippen LogP contribution in [0.1, 0.15) is 11.1 Å². The quantitative estimate of drug-likeness (QED) is 0.808. The van der Waals surface area contributed by atoms with Gasteiger partial charge < -0.3 is 5.73 Å². The van der Waals surface area contributed by atoms with Crippen molar-refractivity contribution >= 4 is 37.3 Å². The Labute approximate surface area is 131 Å².